The maximum absolute atomic E-state index is 11.7. The molecule has 1 saturated heterocycles. The maximum atomic E-state index is 11.7. The predicted octanol–water partition coefficient (Wildman–Crippen LogP) is -0.158. The van der Waals surface area contributed by atoms with Gasteiger partial charge >= 0.3 is 0 Å². The number of likely N-dealkylation sites (N-methyl/N-ethyl adjacent to an activating group) is 1. The Morgan fingerprint density at radius 2 is 2.38 bits per heavy atom. The van der Waals surface area contributed by atoms with E-state index >= 15 is 0 Å². The molecule has 1 fully saturated rings. The number of ether oxygens (including phenoxy) is 1. The third-order valence-corrected chi connectivity index (χ3v) is 2.45. The summed E-state index contributed by atoms with van der Waals surface area (Å²) in [4.78, 5) is 13.6. The first-order valence-electron chi connectivity index (χ1n) is 4.72. The average Bonchev–Trinajstić information content (AvgIpc) is 2.16. The van der Waals surface area contributed by atoms with Crippen LogP contribution in [-0.4, -0.2) is 49.7 Å². The Kier molecular flexibility index (Phi) is 3.69. The molecule has 1 aliphatic heterocycles. The number of hydrogen-bond acceptors (Lipinski definition) is 3. The lowest BCUT2D eigenvalue weighted by Crippen LogP contribution is -2.52. The molecular formula is C9H18N2O2. The molecule has 0 aromatic rings. The monoisotopic (exact) mass is 186 g/mol. The van der Waals surface area contributed by atoms with Crippen molar-refractivity contribution in [2.24, 2.45) is 0 Å². The summed E-state index contributed by atoms with van der Waals surface area (Å²) in [7, 11) is 1.80. The minimum atomic E-state index is -0.0967. The summed E-state index contributed by atoms with van der Waals surface area (Å²) in [6.45, 7) is 5.92. The van der Waals surface area contributed by atoms with Gasteiger partial charge in [-0.3, -0.25) is 4.79 Å². The van der Waals surface area contributed by atoms with Gasteiger partial charge in [0.15, 0.2) is 0 Å². The number of carbonyl (C=O) groups is 1. The largest absolute Gasteiger partial charge is 0.377 e. The van der Waals surface area contributed by atoms with E-state index in [1.54, 1.807) is 7.05 Å². The van der Waals surface area contributed by atoms with Crippen molar-refractivity contribution in [2.75, 3.05) is 26.8 Å². The van der Waals surface area contributed by atoms with Crippen molar-refractivity contribution in [3.63, 3.8) is 0 Å². The summed E-state index contributed by atoms with van der Waals surface area (Å²) in [6, 6.07) is 0.109. The van der Waals surface area contributed by atoms with Crippen LogP contribution in [-0.2, 0) is 9.53 Å². The molecule has 13 heavy (non-hydrogen) atoms. The second-order valence-electron chi connectivity index (χ2n) is 3.47. The van der Waals surface area contributed by atoms with Gasteiger partial charge in [0.1, 0.15) is 0 Å². The summed E-state index contributed by atoms with van der Waals surface area (Å²) in [5.41, 5.74) is 0. The molecule has 0 saturated carbocycles. The van der Waals surface area contributed by atoms with E-state index in [1.165, 1.54) is 0 Å². The normalized spacial score (nSPS) is 25.8. The molecule has 1 aliphatic rings. The van der Waals surface area contributed by atoms with Crippen molar-refractivity contribution in [2.45, 2.75) is 25.9 Å². The van der Waals surface area contributed by atoms with Gasteiger partial charge < -0.3 is 15.0 Å². The fourth-order valence-electron chi connectivity index (χ4n) is 1.43. The lowest BCUT2D eigenvalue weighted by atomic mass is 10.2. The third kappa shape index (κ3) is 2.42. The van der Waals surface area contributed by atoms with Gasteiger partial charge in [0.2, 0.25) is 5.91 Å². The molecule has 0 aromatic heterocycles. The standard InChI is InChI=1S/C9H18N2O2/c1-7-6-13-5-4-11(7)9(12)8(2)10-3/h7-8,10H,4-6H2,1-3H3/t7-,8?/m1/s1. The Labute approximate surface area is 79.2 Å². The zero-order chi connectivity index (χ0) is 9.84. The Balaban J connectivity index is 2.53. The van der Waals surface area contributed by atoms with Gasteiger partial charge in [-0.05, 0) is 20.9 Å². The number of carbonyl (C=O) groups excluding carboxylic acids is 1. The third-order valence-electron chi connectivity index (χ3n) is 2.45. The van der Waals surface area contributed by atoms with Crippen LogP contribution in [0.5, 0.6) is 0 Å². The van der Waals surface area contributed by atoms with Crippen molar-refractivity contribution < 1.29 is 9.53 Å². The van der Waals surface area contributed by atoms with Crippen LogP contribution in [0, 0.1) is 0 Å². The smallest absolute Gasteiger partial charge is 0.239 e. The maximum Gasteiger partial charge on any atom is 0.239 e. The first-order valence-corrected chi connectivity index (χ1v) is 4.72. The molecule has 4 heteroatoms. The van der Waals surface area contributed by atoms with Crippen LogP contribution in [0.1, 0.15) is 13.8 Å². The summed E-state index contributed by atoms with van der Waals surface area (Å²) in [5.74, 6) is 0.165. The Morgan fingerprint density at radius 1 is 1.69 bits per heavy atom. The molecule has 0 spiro atoms. The minimum absolute atomic E-state index is 0.0967. The molecule has 0 bridgehead atoms. The van der Waals surface area contributed by atoms with Gasteiger partial charge in [-0.25, -0.2) is 0 Å². The van der Waals surface area contributed by atoms with E-state index in [0.717, 1.165) is 0 Å². The van der Waals surface area contributed by atoms with Crippen LogP contribution in [0.4, 0.5) is 0 Å². The number of rotatable bonds is 2. The molecule has 1 rings (SSSR count). The zero-order valence-electron chi connectivity index (χ0n) is 8.54. The highest BCUT2D eigenvalue weighted by atomic mass is 16.5. The van der Waals surface area contributed by atoms with Crippen LogP contribution < -0.4 is 5.32 Å². The topological polar surface area (TPSA) is 41.6 Å². The SMILES string of the molecule is CNC(C)C(=O)N1CCOC[C@H]1C. The molecule has 0 aromatic carbocycles. The Morgan fingerprint density at radius 3 is 2.92 bits per heavy atom. The predicted molar refractivity (Wildman–Crippen MR) is 50.5 cm³/mol. The van der Waals surface area contributed by atoms with Crippen LogP contribution >= 0.6 is 0 Å². The van der Waals surface area contributed by atoms with E-state index in [1.807, 2.05) is 18.7 Å². The Bertz CT molecular complexity index is 184. The lowest BCUT2D eigenvalue weighted by Gasteiger charge is -2.34. The summed E-state index contributed by atoms with van der Waals surface area (Å²) in [6.07, 6.45) is 0. The first-order chi connectivity index (χ1) is 6.16. The molecule has 0 radical (unpaired) electrons. The van der Waals surface area contributed by atoms with Crippen molar-refractivity contribution in [1.82, 2.24) is 10.2 Å². The van der Waals surface area contributed by atoms with Gasteiger partial charge in [0.25, 0.3) is 0 Å². The van der Waals surface area contributed by atoms with Gasteiger partial charge in [-0.15, -0.1) is 0 Å². The molecule has 76 valence electrons. The first kappa shape index (κ1) is 10.5. The minimum Gasteiger partial charge on any atom is -0.377 e. The van der Waals surface area contributed by atoms with Crippen molar-refractivity contribution in [3.05, 3.63) is 0 Å². The quantitative estimate of drug-likeness (QED) is 0.651. The number of morpholine rings is 1. The number of amides is 1. The van der Waals surface area contributed by atoms with Crippen molar-refractivity contribution in [3.8, 4) is 0 Å². The van der Waals surface area contributed by atoms with Gasteiger partial charge in [0, 0.05) is 6.54 Å². The number of nitrogens with zero attached hydrogens (tertiary/aromatic N) is 1. The van der Waals surface area contributed by atoms with Crippen LogP contribution in [0.3, 0.4) is 0 Å². The fourth-order valence-corrected chi connectivity index (χ4v) is 1.43. The van der Waals surface area contributed by atoms with Crippen molar-refractivity contribution in [1.29, 1.82) is 0 Å². The highest BCUT2D eigenvalue weighted by Gasteiger charge is 2.26. The van der Waals surface area contributed by atoms with Gasteiger partial charge in [-0.1, -0.05) is 0 Å². The molecule has 0 aliphatic carbocycles. The molecule has 1 N–H and O–H groups in total. The van der Waals surface area contributed by atoms with Gasteiger partial charge in [-0.2, -0.15) is 0 Å². The average molecular weight is 186 g/mol. The van der Waals surface area contributed by atoms with Crippen molar-refractivity contribution >= 4 is 5.91 Å². The van der Waals surface area contributed by atoms with E-state index in [4.69, 9.17) is 4.74 Å². The van der Waals surface area contributed by atoms with Crippen LogP contribution in [0.25, 0.3) is 0 Å². The van der Waals surface area contributed by atoms with Crippen LogP contribution in [0.2, 0.25) is 0 Å². The summed E-state index contributed by atoms with van der Waals surface area (Å²) < 4.78 is 5.26. The lowest BCUT2D eigenvalue weighted by molar-refractivity contribution is -0.140. The highest BCUT2D eigenvalue weighted by molar-refractivity contribution is 5.81. The van der Waals surface area contributed by atoms with Crippen LogP contribution in [0.15, 0.2) is 0 Å². The summed E-state index contributed by atoms with van der Waals surface area (Å²) >= 11 is 0. The van der Waals surface area contributed by atoms with E-state index in [0.29, 0.717) is 19.8 Å². The number of nitrogens with one attached hydrogen (secondary N) is 1. The molecule has 4 nitrogen and oxygen atoms in total. The molecule has 1 amide bonds. The van der Waals surface area contributed by atoms with E-state index < -0.39 is 0 Å². The Hall–Kier alpha value is -0.610. The van der Waals surface area contributed by atoms with E-state index in [-0.39, 0.29) is 18.0 Å². The summed E-state index contributed by atoms with van der Waals surface area (Å²) in [5, 5.41) is 2.95. The highest BCUT2D eigenvalue weighted by Crippen LogP contribution is 2.07. The van der Waals surface area contributed by atoms with E-state index in [2.05, 4.69) is 5.32 Å². The fraction of sp³-hybridized carbons (Fsp3) is 0.889. The van der Waals surface area contributed by atoms with E-state index in [9.17, 15) is 4.79 Å². The zero-order valence-corrected chi connectivity index (χ0v) is 8.54. The second kappa shape index (κ2) is 4.58. The molecular weight excluding hydrogens is 168 g/mol. The number of hydrogen-bond donors (Lipinski definition) is 1. The van der Waals surface area contributed by atoms with Gasteiger partial charge in [0.05, 0.1) is 25.3 Å². The second-order valence-corrected chi connectivity index (χ2v) is 3.47. The molecule has 2 atom stereocenters. The molecule has 1 heterocycles. The molecule has 1 unspecified atom stereocenters.